The molecule has 0 aromatic rings. The third-order valence-electron chi connectivity index (χ3n) is 3.17. The zero-order valence-corrected chi connectivity index (χ0v) is 11.3. The van der Waals surface area contributed by atoms with Gasteiger partial charge in [0.15, 0.2) is 0 Å². The van der Waals surface area contributed by atoms with Crippen molar-refractivity contribution in [2.75, 3.05) is 0 Å². The highest BCUT2D eigenvalue weighted by Gasteiger charge is 2.78. The maximum atomic E-state index is 13.3. The van der Waals surface area contributed by atoms with E-state index >= 15 is 0 Å². The molecule has 10 heteroatoms. The van der Waals surface area contributed by atoms with E-state index in [4.69, 9.17) is 0 Å². The molecule has 0 bridgehead atoms. The SMILES string of the molecule is O=C(SC1CCCCC1)C(F)(F)C(F)(F)C(F)(F)C(F)F. The molecule has 1 fully saturated rings. The van der Waals surface area contributed by atoms with Crippen LogP contribution in [0.25, 0.3) is 0 Å². The Morgan fingerprint density at radius 1 is 0.952 bits per heavy atom. The number of alkyl halides is 8. The highest BCUT2D eigenvalue weighted by Crippen LogP contribution is 2.50. The van der Waals surface area contributed by atoms with Crippen molar-refractivity contribution >= 4 is 16.9 Å². The Hall–Kier alpha value is -0.540. The molecule has 0 aromatic heterocycles. The van der Waals surface area contributed by atoms with Crippen LogP contribution in [0.5, 0.6) is 0 Å². The van der Waals surface area contributed by atoms with Crippen molar-refractivity contribution in [2.24, 2.45) is 0 Å². The lowest BCUT2D eigenvalue weighted by Gasteiger charge is -2.32. The van der Waals surface area contributed by atoms with Gasteiger partial charge in [0.2, 0.25) is 0 Å². The average molecular weight is 344 g/mol. The van der Waals surface area contributed by atoms with Crippen molar-refractivity contribution in [3.63, 3.8) is 0 Å². The van der Waals surface area contributed by atoms with E-state index in [9.17, 15) is 39.9 Å². The maximum absolute atomic E-state index is 13.3. The summed E-state index contributed by atoms with van der Waals surface area (Å²) in [4.78, 5) is 11.2. The smallest absolute Gasteiger partial charge is 0.280 e. The van der Waals surface area contributed by atoms with Crippen LogP contribution in [0.3, 0.4) is 0 Å². The summed E-state index contributed by atoms with van der Waals surface area (Å²) in [5.74, 6) is -18.6. The van der Waals surface area contributed by atoms with Crippen LogP contribution in [0, 0.1) is 0 Å². The van der Waals surface area contributed by atoms with E-state index in [-0.39, 0.29) is 11.8 Å². The Morgan fingerprint density at radius 2 is 1.43 bits per heavy atom. The number of carbonyl (C=O) groups excluding carboxylic acids is 1. The fraction of sp³-hybridized carbons (Fsp3) is 0.909. The van der Waals surface area contributed by atoms with Crippen LogP contribution in [0.1, 0.15) is 32.1 Å². The lowest BCUT2D eigenvalue weighted by atomic mass is 10.0. The van der Waals surface area contributed by atoms with Gasteiger partial charge in [-0.05, 0) is 12.8 Å². The van der Waals surface area contributed by atoms with Gasteiger partial charge in [-0.1, -0.05) is 31.0 Å². The fourth-order valence-corrected chi connectivity index (χ4v) is 3.03. The van der Waals surface area contributed by atoms with Gasteiger partial charge in [0, 0.05) is 5.25 Å². The molecular formula is C11H12F8OS. The molecule has 0 atom stereocenters. The molecule has 124 valence electrons. The molecule has 0 aromatic carbocycles. The van der Waals surface area contributed by atoms with Gasteiger partial charge in [0.1, 0.15) is 0 Å². The predicted molar refractivity (Wildman–Crippen MR) is 60.3 cm³/mol. The van der Waals surface area contributed by atoms with Crippen molar-refractivity contribution in [3.8, 4) is 0 Å². The molecular weight excluding hydrogens is 332 g/mol. The molecule has 1 rings (SSSR count). The molecule has 0 saturated heterocycles. The number of rotatable bonds is 5. The van der Waals surface area contributed by atoms with Crippen LogP contribution < -0.4 is 0 Å². The van der Waals surface area contributed by atoms with Gasteiger partial charge in [0.05, 0.1) is 0 Å². The van der Waals surface area contributed by atoms with E-state index < -0.39 is 34.6 Å². The summed E-state index contributed by atoms with van der Waals surface area (Å²) in [6.07, 6.45) is -2.40. The number of halogens is 8. The molecule has 0 unspecified atom stereocenters. The molecule has 21 heavy (non-hydrogen) atoms. The molecule has 0 radical (unpaired) electrons. The molecule has 0 N–H and O–H groups in total. The minimum Gasteiger partial charge on any atom is -0.280 e. The molecule has 1 aliphatic carbocycles. The highest BCUT2D eigenvalue weighted by atomic mass is 32.2. The van der Waals surface area contributed by atoms with Gasteiger partial charge < -0.3 is 0 Å². The van der Waals surface area contributed by atoms with Crippen molar-refractivity contribution in [1.82, 2.24) is 0 Å². The zero-order chi connectivity index (χ0) is 16.5. The predicted octanol–water partition coefficient (Wildman–Crippen LogP) is 4.75. The summed E-state index contributed by atoms with van der Waals surface area (Å²) in [5, 5.41) is -3.19. The first-order valence-electron chi connectivity index (χ1n) is 6.07. The second-order valence-corrected chi connectivity index (χ2v) is 6.01. The number of carbonyl (C=O) groups is 1. The topological polar surface area (TPSA) is 17.1 Å². The molecule has 1 saturated carbocycles. The number of hydrogen-bond donors (Lipinski definition) is 0. The largest absolute Gasteiger partial charge is 0.386 e. The Morgan fingerprint density at radius 3 is 1.86 bits per heavy atom. The summed E-state index contributed by atoms with van der Waals surface area (Å²) < 4.78 is 102. The third-order valence-corrected chi connectivity index (χ3v) is 4.44. The van der Waals surface area contributed by atoms with Crippen LogP contribution >= 0.6 is 11.8 Å². The van der Waals surface area contributed by atoms with E-state index in [1.807, 2.05) is 0 Å². The first kappa shape index (κ1) is 18.5. The maximum Gasteiger partial charge on any atom is 0.386 e. The number of hydrogen-bond acceptors (Lipinski definition) is 2. The standard InChI is InChI=1S/C11H12F8OS/c12-7(13)9(14,15)11(18,19)10(16,17)8(20)21-6-4-2-1-3-5-6/h6-7H,1-5H2. The average Bonchev–Trinajstić information content (AvgIpc) is 2.39. The van der Waals surface area contributed by atoms with E-state index in [2.05, 4.69) is 0 Å². The van der Waals surface area contributed by atoms with Gasteiger partial charge in [-0.3, -0.25) is 4.79 Å². The minimum absolute atomic E-state index is 0.165. The summed E-state index contributed by atoms with van der Waals surface area (Å²) >= 11 is -0.165. The molecule has 1 nitrogen and oxygen atoms in total. The Labute approximate surface area is 119 Å². The van der Waals surface area contributed by atoms with Crippen LogP contribution in [0.4, 0.5) is 35.1 Å². The van der Waals surface area contributed by atoms with E-state index in [0.717, 1.165) is 6.42 Å². The summed E-state index contributed by atoms with van der Waals surface area (Å²) in [6, 6.07) is 0. The highest BCUT2D eigenvalue weighted by molar-refractivity contribution is 8.14. The van der Waals surface area contributed by atoms with Crippen molar-refractivity contribution in [1.29, 1.82) is 0 Å². The normalized spacial score (nSPS) is 19.1. The number of thioether (sulfide) groups is 1. The Balaban J connectivity index is 2.89. The summed E-state index contributed by atoms with van der Waals surface area (Å²) in [7, 11) is 0. The molecule has 1 aliphatic rings. The quantitative estimate of drug-likeness (QED) is 0.670. The second kappa shape index (κ2) is 6.29. The van der Waals surface area contributed by atoms with Gasteiger partial charge in [-0.2, -0.15) is 26.3 Å². The van der Waals surface area contributed by atoms with Gasteiger partial charge in [-0.25, -0.2) is 8.78 Å². The zero-order valence-electron chi connectivity index (χ0n) is 10.5. The second-order valence-electron chi connectivity index (χ2n) is 4.74. The van der Waals surface area contributed by atoms with E-state index in [1.54, 1.807) is 0 Å². The fourth-order valence-electron chi connectivity index (χ4n) is 1.88. The molecule has 0 amide bonds. The summed E-state index contributed by atoms with van der Waals surface area (Å²) in [6.45, 7) is 0. The molecule has 0 spiro atoms. The van der Waals surface area contributed by atoms with Gasteiger partial charge >= 0.3 is 24.2 Å². The first-order valence-corrected chi connectivity index (χ1v) is 6.95. The van der Waals surface area contributed by atoms with E-state index in [1.165, 1.54) is 0 Å². The van der Waals surface area contributed by atoms with Gasteiger partial charge in [-0.15, -0.1) is 0 Å². The van der Waals surface area contributed by atoms with Crippen molar-refractivity contribution < 1.29 is 39.9 Å². The molecule has 0 heterocycles. The minimum atomic E-state index is -6.45. The monoisotopic (exact) mass is 344 g/mol. The summed E-state index contributed by atoms with van der Waals surface area (Å²) in [5.41, 5.74) is 0. The Bertz CT molecular complexity index is 378. The van der Waals surface area contributed by atoms with Crippen molar-refractivity contribution in [2.45, 2.75) is 61.5 Å². The first-order chi connectivity index (χ1) is 9.44. The third kappa shape index (κ3) is 3.45. The molecule has 0 aliphatic heterocycles. The lowest BCUT2D eigenvalue weighted by molar-refractivity contribution is -0.325. The van der Waals surface area contributed by atoms with E-state index in [0.29, 0.717) is 25.7 Å². The Kier molecular flexibility index (Phi) is 5.55. The van der Waals surface area contributed by atoms with Gasteiger partial charge in [0.25, 0.3) is 5.12 Å². The van der Waals surface area contributed by atoms with Crippen LogP contribution in [-0.2, 0) is 4.79 Å². The van der Waals surface area contributed by atoms with Crippen molar-refractivity contribution in [3.05, 3.63) is 0 Å². The van der Waals surface area contributed by atoms with Crippen LogP contribution in [0.15, 0.2) is 0 Å². The lowest BCUT2D eigenvalue weighted by Crippen LogP contribution is -2.60. The van der Waals surface area contributed by atoms with Crippen LogP contribution in [0.2, 0.25) is 0 Å². The van der Waals surface area contributed by atoms with Crippen LogP contribution in [-0.4, -0.2) is 34.6 Å².